The van der Waals surface area contributed by atoms with Crippen molar-refractivity contribution in [1.29, 1.82) is 0 Å². The highest BCUT2D eigenvalue weighted by molar-refractivity contribution is 7.92. The molecule has 120 valence electrons. The van der Waals surface area contributed by atoms with Crippen molar-refractivity contribution in [2.24, 2.45) is 0 Å². The third-order valence-electron chi connectivity index (χ3n) is 3.60. The van der Waals surface area contributed by atoms with E-state index in [1.165, 1.54) is 6.07 Å². The topological polar surface area (TPSA) is 88.0 Å². The maximum absolute atomic E-state index is 12.4. The average Bonchev–Trinajstić information content (AvgIpc) is 3.07. The summed E-state index contributed by atoms with van der Waals surface area (Å²) in [7, 11) is -3.78. The Labute approximate surface area is 134 Å². The second kappa shape index (κ2) is 5.58. The summed E-state index contributed by atoms with van der Waals surface area (Å²) in [6.45, 7) is 5.69. The van der Waals surface area contributed by atoms with Crippen LogP contribution in [0.4, 0.5) is 5.69 Å². The van der Waals surface area contributed by atoms with Gasteiger partial charge in [0.2, 0.25) is 5.09 Å². The molecular weight excluding hydrogens is 314 g/mol. The molecule has 0 spiro atoms. The molecule has 2 aromatic heterocycles. The van der Waals surface area contributed by atoms with E-state index in [0.717, 1.165) is 16.8 Å². The molecule has 0 saturated carbocycles. The highest BCUT2D eigenvalue weighted by Gasteiger charge is 2.21. The zero-order valence-corrected chi connectivity index (χ0v) is 13.9. The standard InChI is InChI=1S/C16H17N3O3S/c1-10-5-4-6-13(9-10)19-23(20,21)15-8-7-14(22-15)16-11(2)12(3)17-18-16/h4-9,19H,1-3H3,(H,17,18). The van der Waals surface area contributed by atoms with Crippen molar-refractivity contribution in [3.8, 4) is 11.5 Å². The number of furan rings is 1. The van der Waals surface area contributed by atoms with Crippen LogP contribution < -0.4 is 4.72 Å². The number of benzene rings is 1. The Hall–Kier alpha value is -2.54. The minimum absolute atomic E-state index is 0.144. The van der Waals surface area contributed by atoms with E-state index in [9.17, 15) is 8.42 Å². The molecule has 6 nitrogen and oxygen atoms in total. The molecule has 0 amide bonds. The van der Waals surface area contributed by atoms with E-state index in [4.69, 9.17) is 4.42 Å². The number of aromatic nitrogens is 2. The number of rotatable bonds is 4. The van der Waals surface area contributed by atoms with Crippen LogP contribution in [-0.4, -0.2) is 18.6 Å². The number of sulfonamides is 1. The summed E-state index contributed by atoms with van der Waals surface area (Å²) < 4.78 is 32.8. The van der Waals surface area contributed by atoms with E-state index in [2.05, 4.69) is 14.9 Å². The maximum Gasteiger partial charge on any atom is 0.295 e. The lowest BCUT2D eigenvalue weighted by atomic mass is 10.2. The molecule has 3 rings (SSSR count). The summed E-state index contributed by atoms with van der Waals surface area (Å²) in [6, 6.07) is 10.2. The monoisotopic (exact) mass is 331 g/mol. The molecule has 1 aromatic carbocycles. The summed E-state index contributed by atoms with van der Waals surface area (Å²) in [4.78, 5) is 0. The Kier molecular flexibility index (Phi) is 3.73. The lowest BCUT2D eigenvalue weighted by molar-refractivity contribution is 0.461. The Morgan fingerprint density at radius 1 is 1.13 bits per heavy atom. The van der Waals surface area contributed by atoms with Gasteiger partial charge in [0.15, 0.2) is 5.76 Å². The fourth-order valence-electron chi connectivity index (χ4n) is 2.23. The predicted octanol–water partition coefficient (Wildman–Crippen LogP) is 3.40. The van der Waals surface area contributed by atoms with Crippen LogP contribution in [0.3, 0.4) is 0 Å². The summed E-state index contributed by atoms with van der Waals surface area (Å²) >= 11 is 0. The molecular formula is C16H17N3O3S. The molecule has 0 bridgehead atoms. The van der Waals surface area contributed by atoms with Crippen LogP contribution >= 0.6 is 0 Å². The summed E-state index contributed by atoms with van der Waals surface area (Å²) in [6.07, 6.45) is 0. The molecule has 0 fully saturated rings. The van der Waals surface area contributed by atoms with Gasteiger partial charge < -0.3 is 4.42 Å². The van der Waals surface area contributed by atoms with E-state index in [1.807, 2.05) is 26.8 Å². The van der Waals surface area contributed by atoms with Gasteiger partial charge in [-0.1, -0.05) is 12.1 Å². The molecule has 3 aromatic rings. The molecule has 0 saturated heterocycles. The zero-order chi connectivity index (χ0) is 16.6. The van der Waals surface area contributed by atoms with Crippen LogP contribution in [0.2, 0.25) is 0 Å². The molecule has 7 heteroatoms. The molecule has 0 radical (unpaired) electrons. The SMILES string of the molecule is Cc1cccc(NS(=O)(=O)c2ccc(-c3n[nH]c(C)c3C)o2)c1. The Bertz CT molecular complexity index is 955. The second-order valence-corrected chi connectivity index (χ2v) is 7.03. The van der Waals surface area contributed by atoms with Crippen LogP contribution in [0.25, 0.3) is 11.5 Å². The minimum atomic E-state index is -3.78. The molecule has 2 heterocycles. The maximum atomic E-state index is 12.4. The van der Waals surface area contributed by atoms with Crippen LogP contribution in [0.5, 0.6) is 0 Å². The Balaban J connectivity index is 1.91. The van der Waals surface area contributed by atoms with Crippen molar-refractivity contribution in [1.82, 2.24) is 10.2 Å². The molecule has 2 N–H and O–H groups in total. The normalized spacial score (nSPS) is 11.6. The number of anilines is 1. The van der Waals surface area contributed by atoms with Gasteiger partial charge in [0, 0.05) is 16.9 Å². The van der Waals surface area contributed by atoms with Crippen LogP contribution in [0.15, 0.2) is 45.9 Å². The number of aryl methyl sites for hydroxylation is 2. The zero-order valence-electron chi connectivity index (χ0n) is 13.0. The number of nitrogens with one attached hydrogen (secondary N) is 2. The highest BCUT2D eigenvalue weighted by Crippen LogP contribution is 2.27. The van der Waals surface area contributed by atoms with E-state index in [1.54, 1.807) is 24.3 Å². The van der Waals surface area contributed by atoms with Crippen molar-refractivity contribution >= 4 is 15.7 Å². The molecule has 0 aliphatic heterocycles. The lowest BCUT2D eigenvalue weighted by Crippen LogP contribution is -2.12. The summed E-state index contributed by atoms with van der Waals surface area (Å²) in [5.41, 5.74) is 3.91. The highest BCUT2D eigenvalue weighted by atomic mass is 32.2. The first-order valence-electron chi connectivity index (χ1n) is 7.08. The smallest absolute Gasteiger partial charge is 0.295 e. The largest absolute Gasteiger partial charge is 0.441 e. The summed E-state index contributed by atoms with van der Waals surface area (Å²) in [5, 5.41) is 6.85. The first kappa shape index (κ1) is 15.4. The number of aromatic amines is 1. The van der Waals surface area contributed by atoms with Crippen LogP contribution in [-0.2, 0) is 10.0 Å². The third-order valence-corrected chi connectivity index (χ3v) is 4.86. The van der Waals surface area contributed by atoms with Crippen LogP contribution in [0.1, 0.15) is 16.8 Å². The van der Waals surface area contributed by atoms with Gasteiger partial charge in [-0.2, -0.15) is 13.5 Å². The quantitative estimate of drug-likeness (QED) is 0.767. The number of H-pyrrole nitrogens is 1. The van der Waals surface area contributed by atoms with E-state index >= 15 is 0 Å². The molecule has 0 atom stereocenters. The fraction of sp³-hybridized carbons (Fsp3) is 0.188. The first-order valence-corrected chi connectivity index (χ1v) is 8.56. The number of nitrogens with zero attached hydrogens (tertiary/aromatic N) is 1. The van der Waals surface area contributed by atoms with Crippen molar-refractivity contribution in [3.63, 3.8) is 0 Å². The summed E-state index contributed by atoms with van der Waals surface area (Å²) in [5.74, 6) is 0.413. The average molecular weight is 331 g/mol. The molecule has 0 unspecified atom stereocenters. The Morgan fingerprint density at radius 2 is 1.91 bits per heavy atom. The lowest BCUT2D eigenvalue weighted by Gasteiger charge is -2.06. The van der Waals surface area contributed by atoms with Crippen molar-refractivity contribution in [2.75, 3.05) is 4.72 Å². The van der Waals surface area contributed by atoms with Gasteiger partial charge in [-0.15, -0.1) is 0 Å². The van der Waals surface area contributed by atoms with Crippen molar-refractivity contribution in [2.45, 2.75) is 25.9 Å². The minimum Gasteiger partial charge on any atom is -0.441 e. The van der Waals surface area contributed by atoms with Gasteiger partial charge in [-0.25, -0.2) is 0 Å². The van der Waals surface area contributed by atoms with Gasteiger partial charge in [-0.3, -0.25) is 9.82 Å². The third kappa shape index (κ3) is 3.00. The van der Waals surface area contributed by atoms with Gasteiger partial charge in [0.1, 0.15) is 5.69 Å². The van der Waals surface area contributed by atoms with Crippen molar-refractivity contribution < 1.29 is 12.8 Å². The fourth-order valence-corrected chi connectivity index (χ4v) is 3.22. The molecule has 0 aliphatic rings. The van der Waals surface area contributed by atoms with E-state index in [-0.39, 0.29) is 5.09 Å². The van der Waals surface area contributed by atoms with Gasteiger partial charge >= 0.3 is 0 Å². The Morgan fingerprint density at radius 3 is 2.57 bits per heavy atom. The van der Waals surface area contributed by atoms with Crippen LogP contribution in [0, 0.1) is 20.8 Å². The van der Waals surface area contributed by atoms with E-state index < -0.39 is 10.0 Å². The van der Waals surface area contributed by atoms with Gasteiger partial charge in [0.25, 0.3) is 10.0 Å². The van der Waals surface area contributed by atoms with Gasteiger partial charge in [0.05, 0.1) is 0 Å². The molecule has 0 aliphatic carbocycles. The van der Waals surface area contributed by atoms with Crippen molar-refractivity contribution in [3.05, 3.63) is 53.2 Å². The van der Waals surface area contributed by atoms with E-state index in [0.29, 0.717) is 17.1 Å². The number of hydrogen-bond donors (Lipinski definition) is 2. The van der Waals surface area contributed by atoms with Gasteiger partial charge in [-0.05, 0) is 50.6 Å². The molecule has 23 heavy (non-hydrogen) atoms. The predicted molar refractivity (Wildman–Crippen MR) is 87.8 cm³/mol. The second-order valence-electron chi connectivity index (χ2n) is 5.42. The first-order chi connectivity index (χ1) is 10.9. The number of hydrogen-bond acceptors (Lipinski definition) is 4.